The lowest BCUT2D eigenvalue weighted by Gasteiger charge is -2.14. The van der Waals surface area contributed by atoms with Gasteiger partial charge < -0.3 is 9.15 Å². The van der Waals surface area contributed by atoms with E-state index in [1.807, 2.05) is 54.6 Å². The molecule has 0 bridgehead atoms. The van der Waals surface area contributed by atoms with Crippen molar-refractivity contribution in [2.24, 2.45) is 5.10 Å². The van der Waals surface area contributed by atoms with E-state index in [4.69, 9.17) is 9.15 Å². The first-order valence-electron chi connectivity index (χ1n) is 9.29. The molecule has 4 aromatic rings. The molecule has 2 aromatic heterocycles. The predicted octanol–water partition coefficient (Wildman–Crippen LogP) is 5.17. The number of fused-ring (bicyclic) bond motifs is 1. The summed E-state index contributed by atoms with van der Waals surface area (Å²) in [6.07, 6.45) is 2.40. The van der Waals surface area contributed by atoms with Crippen molar-refractivity contribution in [3.63, 3.8) is 0 Å². The zero-order valence-corrected chi connectivity index (χ0v) is 17.7. The molecule has 0 aliphatic carbocycles. The third-order valence-corrected chi connectivity index (χ3v) is 4.92. The summed E-state index contributed by atoms with van der Waals surface area (Å²) in [6.45, 7) is 1.66. The molecule has 2 aromatic carbocycles. The molecule has 6 nitrogen and oxygen atoms in total. The zero-order valence-electron chi connectivity index (χ0n) is 16.1. The number of pyridine rings is 1. The van der Waals surface area contributed by atoms with Crippen LogP contribution >= 0.6 is 15.9 Å². The first kappa shape index (κ1) is 19.8. The SMILES string of the molecule is C[C@@H](Oc1cccc2cccnc12)C(=O)N/N=C\c1ccc(-c2ccc(Br)cc2)o1. The highest BCUT2D eigenvalue weighted by atomic mass is 79.9. The number of nitrogens with one attached hydrogen (secondary N) is 1. The minimum Gasteiger partial charge on any atom is -0.479 e. The van der Waals surface area contributed by atoms with Gasteiger partial charge in [-0.05, 0) is 43.3 Å². The lowest BCUT2D eigenvalue weighted by molar-refractivity contribution is -0.127. The second-order valence-corrected chi connectivity index (χ2v) is 7.45. The average Bonchev–Trinajstić information content (AvgIpc) is 3.23. The Morgan fingerprint density at radius 3 is 2.77 bits per heavy atom. The summed E-state index contributed by atoms with van der Waals surface area (Å²) in [4.78, 5) is 16.7. The highest BCUT2D eigenvalue weighted by Gasteiger charge is 2.15. The predicted molar refractivity (Wildman–Crippen MR) is 119 cm³/mol. The number of hydrogen-bond donors (Lipinski definition) is 1. The summed E-state index contributed by atoms with van der Waals surface area (Å²) in [5, 5.41) is 4.91. The molecule has 1 N–H and O–H groups in total. The van der Waals surface area contributed by atoms with Crippen LogP contribution in [0.4, 0.5) is 0 Å². The molecule has 2 heterocycles. The number of hydrogen-bond acceptors (Lipinski definition) is 5. The van der Waals surface area contributed by atoms with E-state index in [0.29, 0.717) is 17.0 Å². The number of carbonyl (C=O) groups is 1. The van der Waals surface area contributed by atoms with Crippen LogP contribution in [0.15, 0.2) is 86.9 Å². The molecule has 4 rings (SSSR count). The quantitative estimate of drug-likeness (QED) is 0.315. The monoisotopic (exact) mass is 463 g/mol. The molecule has 0 fully saturated rings. The van der Waals surface area contributed by atoms with Crippen molar-refractivity contribution in [2.75, 3.05) is 0 Å². The van der Waals surface area contributed by atoms with Crippen LogP contribution in [-0.2, 0) is 4.79 Å². The van der Waals surface area contributed by atoms with Gasteiger partial charge in [0.05, 0.1) is 6.21 Å². The van der Waals surface area contributed by atoms with Crippen LogP contribution in [0.5, 0.6) is 5.75 Å². The highest BCUT2D eigenvalue weighted by Crippen LogP contribution is 2.24. The first-order chi connectivity index (χ1) is 14.6. The third-order valence-electron chi connectivity index (χ3n) is 4.39. The van der Waals surface area contributed by atoms with E-state index in [9.17, 15) is 4.79 Å². The molecular formula is C23H18BrN3O3. The normalized spacial score (nSPS) is 12.2. The van der Waals surface area contributed by atoms with E-state index in [0.717, 1.165) is 21.2 Å². The molecule has 150 valence electrons. The molecule has 1 amide bonds. The first-order valence-corrected chi connectivity index (χ1v) is 10.1. The van der Waals surface area contributed by atoms with E-state index in [1.165, 1.54) is 6.21 Å². The maximum absolute atomic E-state index is 12.3. The van der Waals surface area contributed by atoms with Gasteiger partial charge in [-0.1, -0.05) is 46.3 Å². The number of para-hydroxylation sites is 1. The summed E-state index contributed by atoms with van der Waals surface area (Å²) < 4.78 is 12.5. The van der Waals surface area contributed by atoms with Crippen LogP contribution in [0.1, 0.15) is 12.7 Å². The number of furan rings is 1. The lowest BCUT2D eigenvalue weighted by Crippen LogP contribution is -2.33. The number of aromatic nitrogens is 1. The second kappa shape index (κ2) is 8.92. The van der Waals surface area contributed by atoms with E-state index in [1.54, 1.807) is 25.3 Å². The summed E-state index contributed by atoms with van der Waals surface area (Å²) >= 11 is 3.41. The minimum absolute atomic E-state index is 0.376. The number of carbonyl (C=O) groups excluding carboxylic acids is 1. The fourth-order valence-corrected chi connectivity index (χ4v) is 3.12. The molecule has 0 aliphatic heterocycles. The van der Waals surface area contributed by atoms with Gasteiger partial charge in [0.25, 0.3) is 5.91 Å². The number of nitrogens with zero attached hydrogens (tertiary/aromatic N) is 2. The molecule has 0 saturated carbocycles. The van der Waals surface area contributed by atoms with Crippen molar-refractivity contribution in [3.8, 4) is 17.1 Å². The van der Waals surface area contributed by atoms with E-state index < -0.39 is 6.10 Å². The molecule has 0 aliphatic rings. The van der Waals surface area contributed by atoms with Crippen molar-refractivity contribution in [3.05, 3.63) is 83.2 Å². The van der Waals surface area contributed by atoms with Gasteiger partial charge in [-0.15, -0.1) is 0 Å². The van der Waals surface area contributed by atoms with Gasteiger partial charge in [0.15, 0.2) is 6.10 Å². The summed E-state index contributed by atoms with van der Waals surface area (Å²) in [5.41, 5.74) is 4.13. The van der Waals surface area contributed by atoms with Crippen LogP contribution in [-0.4, -0.2) is 23.2 Å². The van der Waals surface area contributed by atoms with Gasteiger partial charge in [-0.25, -0.2) is 5.43 Å². The number of hydrazone groups is 1. The molecule has 1 atom stereocenters. The number of amides is 1. The molecule has 0 spiro atoms. The van der Waals surface area contributed by atoms with Gasteiger partial charge in [0, 0.05) is 21.6 Å². The lowest BCUT2D eigenvalue weighted by atomic mass is 10.2. The van der Waals surface area contributed by atoms with Crippen molar-refractivity contribution < 1.29 is 13.9 Å². The number of benzene rings is 2. The Morgan fingerprint density at radius 1 is 1.13 bits per heavy atom. The topological polar surface area (TPSA) is 76.7 Å². The number of halogens is 1. The highest BCUT2D eigenvalue weighted by molar-refractivity contribution is 9.10. The summed E-state index contributed by atoms with van der Waals surface area (Å²) in [6, 6.07) is 20.8. The van der Waals surface area contributed by atoms with Crippen molar-refractivity contribution in [1.29, 1.82) is 0 Å². The number of ether oxygens (including phenoxy) is 1. The largest absolute Gasteiger partial charge is 0.479 e. The van der Waals surface area contributed by atoms with Crippen molar-refractivity contribution in [1.82, 2.24) is 10.4 Å². The van der Waals surface area contributed by atoms with Crippen LogP contribution in [0.3, 0.4) is 0 Å². The maximum Gasteiger partial charge on any atom is 0.280 e. The smallest absolute Gasteiger partial charge is 0.280 e. The molecule has 0 radical (unpaired) electrons. The minimum atomic E-state index is -0.746. The van der Waals surface area contributed by atoms with Gasteiger partial charge >= 0.3 is 0 Å². The fourth-order valence-electron chi connectivity index (χ4n) is 2.86. The Hall–Kier alpha value is -3.45. The number of rotatable bonds is 6. The molecular weight excluding hydrogens is 446 g/mol. The van der Waals surface area contributed by atoms with Crippen molar-refractivity contribution in [2.45, 2.75) is 13.0 Å². The Kier molecular flexibility index (Phi) is 5.90. The van der Waals surface area contributed by atoms with Gasteiger partial charge in [0.2, 0.25) is 0 Å². The zero-order chi connectivity index (χ0) is 20.9. The van der Waals surface area contributed by atoms with Crippen LogP contribution in [0.25, 0.3) is 22.2 Å². The van der Waals surface area contributed by atoms with Gasteiger partial charge in [-0.3, -0.25) is 9.78 Å². The van der Waals surface area contributed by atoms with E-state index in [2.05, 4.69) is 31.4 Å². The standard InChI is InChI=1S/C23H18BrN3O3/c1-15(29-21-6-2-4-17-5-3-13-25-22(17)21)23(28)27-26-14-19-11-12-20(30-19)16-7-9-18(24)10-8-16/h2-15H,1H3,(H,27,28)/b26-14-/t15-/m1/s1. The Morgan fingerprint density at radius 2 is 1.93 bits per heavy atom. The fraction of sp³-hybridized carbons (Fsp3) is 0.0870. The van der Waals surface area contributed by atoms with Crippen molar-refractivity contribution >= 4 is 39.0 Å². The van der Waals surface area contributed by atoms with Gasteiger partial charge in [-0.2, -0.15) is 5.10 Å². The van der Waals surface area contributed by atoms with Crippen LogP contribution < -0.4 is 10.2 Å². The van der Waals surface area contributed by atoms with Crippen LogP contribution in [0.2, 0.25) is 0 Å². The third kappa shape index (κ3) is 4.58. The summed E-state index contributed by atoms with van der Waals surface area (Å²) in [5.74, 6) is 1.42. The second-order valence-electron chi connectivity index (χ2n) is 6.53. The Balaban J connectivity index is 1.37. The molecule has 0 saturated heterocycles. The maximum atomic E-state index is 12.3. The Bertz CT molecular complexity index is 1200. The van der Waals surface area contributed by atoms with E-state index in [-0.39, 0.29) is 5.91 Å². The van der Waals surface area contributed by atoms with Crippen LogP contribution in [0, 0.1) is 0 Å². The average molecular weight is 464 g/mol. The summed E-state index contributed by atoms with van der Waals surface area (Å²) in [7, 11) is 0. The molecule has 30 heavy (non-hydrogen) atoms. The van der Waals surface area contributed by atoms with Gasteiger partial charge in [0.1, 0.15) is 22.8 Å². The molecule has 7 heteroatoms. The van der Waals surface area contributed by atoms with E-state index >= 15 is 0 Å². The Labute approximate surface area is 181 Å². The molecule has 0 unspecified atom stereocenters.